The zero-order chi connectivity index (χ0) is 26.1. The molecule has 1 saturated heterocycles. The van der Waals surface area contributed by atoms with Gasteiger partial charge in [0.15, 0.2) is 0 Å². The molecule has 0 aromatic heterocycles. The van der Waals surface area contributed by atoms with Crippen LogP contribution in [-0.4, -0.2) is 93.5 Å². The van der Waals surface area contributed by atoms with E-state index in [9.17, 15) is 0 Å². The molecule has 0 unspecified atom stereocenters. The predicted octanol–water partition coefficient (Wildman–Crippen LogP) is 1.62. The zero-order valence-electron chi connectivity index (χ0n) is 19.2. The first-order chi connectivity index (χ1) is 16.7. The van der Waals surface area contributed by atoms with Crippen LogP contribution in [0.3, 0.4) is 0 Å². The van der Waals surface area contributed by atoms with E-state index < -0.39 is 23.9 Å². The van der Waals surface area contributed by atoms with Gasteiger partial charge in [0, 0.05) is 38.4 Å². The quantitative estimate of drug-likeness (QED) is 0.358. The van der Waals surface area contributed by atoms with Gasteiger partial charge >= 0.3 is 23.9 Å². The minimum atomic E-state index is -1.82. The molecule has 0 aliphatic carbocycles. The van der Waals surface area contributed by atoms with Crippen LogP contribution in [0.25, 0.3) is 0 Å². The number of carboxylic acids is 4. The Hall–Kier alpha value is -3.96. The molecule has 5 N–H and O–H groups in total. The highest BCUT2D eigenvalue weighted by Gasteiger charge is 2.16. The highest BCUT2D eigenvalue weighted by molar-refractivity contribution is 6.27. The molecule has 0 saturated carbocycles. The summed E-state index contributed by atoms with van der Waals surface area (Å²) in [5, 5.41) is 33.1. The third-order valence-electron chi connectivity index (χ3n) is 4.81. The molecule has 11 heteroatoms. The van der Waals surface area contributed by atoms with Crippen LogP contribution in [0.4, 0.5) is 5.69 Å². The number of anilines is 1. The van der Waals surface area contributed by atoms with E-state index in [0.29, 0.717) is 0 Å². The molecule has 0 bridgehead atoms. The number of nitrogens with zero attached hydrogens (tertiary/aromatic N) is 2. The Balaban J connectivity index is 0.000000425. The van der Waals surface area contributed by atoms with E-state index in [0.717, 1.165) is 32.7 Å². The number of nitrogens with one attached hydrogen (secondary N) is 1. The van der Waals surface area contributed by atoms with E-state index in [1.165, 1.54) is 30.8 Å². The van der Waals surface area contributed by atoms with Crippen LogP contribution in [0.2, 0.25) is 0 Å². The largest absolute Gasteiger partial charge is 0.473 e. The van der Waals surface area contributed by atoms with Crippen molar-refractivity contribution in [1.82, 2.24) is 9.80 Å². The second-order valence-corrected chi connectivity index (χ2v) is 7.48. The van der Waals surface area contributed by atoms with Gasteiger partial charge in [-0.2, -0.15) is 0 Å². The highest BCUT2D eigenvalue weighted by atomic mass is 16.4. The third-order valence-corrected chi connectivity index (χ3v) is 4.81. The first kappa shape index (κ1) is 29.1. The van der Waals surface area contributed by atoms with Crippen LogP contribution >= 0.6 is 0 Å². The highest BCUT2D eigenvalue weighted by Crippen LogP contribution is 2.09. The van der Waals surface area contributed by atoms with Crippen LogP contribution in [-0.2, 0) is 25.6 Å². The van der Waals surface area contributed by atoms with Crippen LogP contribution in [0.1, 0.15) is 12.0 Å². The van der Waals surface area contributed by atoms with Crippen molar-refractivity contribution in [1.29, 1.82) is 0 Å². The van der Waals surface area contributed by atoms with Gasteiger partial charge in [0.2, 0.25) is 0 Å². The molecular weight excluding hydrogens is 458 g/mol. The first-order valence-corrected chi connectivity index (χ1v) is 10.9. The molecule has 0 spiro atoms. The molecule has 1 heterocycles. The summed E-state index contributed by atoms with van der Waals surface area (Å²) < 4.78 is 0. The standard InChI is InChI=1S/C20H27N3.2C2H2O4/c1-3-8-19(9-4-1)12-16-22-14-7-15-23(18-22)17-13-21-20-10-5-2-6-11-20;2*3-1(4)2(5)6/h1-6,8-11,21H,7,12-18H2;2*(H,3,4)(H,5,6). The summed E-state index contributed by atoms with van der Waals surface area (Å²) in [6, 6.07) is 21.3. The summed E-state index contributed by atoms with van der Waals surface area (Å²) >= 11 is 0. The molecule has 0 radical (unpaired) electrons. The van der Waals surface area contributed by atoms with Gasteiger partial charge in [-0.3, -0.25) is 9.80 Å². The third kappa shape index (κ3) is 14.0. The summed E-state index contributed by atoms with van der Waals surface area (Å²) in [6.07, 6.45) is 2.43. The fourth-order valence-electron chi connectivity index (χ4n) is 3.15. The maximum Gasteiger partial charge on any atom is 0.414 e. The lowest BCUT2D eigenvalue weighted by molar-refractivity contribution is -0.159. The zero-order valence-corrected chi connectivity index (χ0v) is 19.2. The van der Waals surface area contributed by atoms with Crippen LogP contribution in [0.5, 0.6) is 0 Å². The molecule has 0 amide bonds. The maximum atomic E-state index is 9.10. The number of carbonyl (C=O) groups is 4. The van der Waals surface area contributed by atoms with Crippen molar-refractivity contribution in [2.75, 3.05) is 44.7 Å². The van der Waals surface area contributed by atoms with Gasteiger partial charge in [-0.25, -0.2) is 19.2 Å². The van der Waals surface area contributed by atoms with Gasteiger partial charge in [0.1, 0.15) is 0 Å². The number of carboxylic acid groups (broad SMARTS) is 4. The van der Waals surface area contributed by atoms with E-state index in [1.54, 1.807) is 0 Å². The molecule has 35 heavy (non-hydrogen) atoms. The van der Waals surface area contributed by atoms with E-state index >= 15 is 0 Å². The summed E-state index contributed by atoms with van der Waals surface area (Å²) in [6.45, 7) is 6.83. The van der Waals surface area contributed by atoms with Gasteiger partial charge in [0.05, 0.1) is 6.67 Å². The van der Waals surface area contributed by atoms with Crippen LogP contribution in [0, 0.1) is 0 Å². The Morgan fingerprint density at radius 3 is 1.63 bits per heavy atom. The number of para-hydroxylation sites is 1. The topological polar surface area (TPSA) is 168 Å². The lowest BCUT2D eigenvalue weighted by atomic mass is 10.1. The van der Waals surface area contributed by atoms with Crippen molar-refractivity contribution in [2.45, 2.75) is 12.8 Å². The van der Waals surface area contributed by atoms with E-state index in [4.69, 9.17) is 39.6 Å². The van der Waals surface area contributed by atoms with Gasteiger partial charge in [-0.05, 0) is 30.5 Å². The predicted molar refractivity (Wildman–Crippen MR) is 128 cm³/mol. The molecule has 1 aliphatic heterocycles. The molecule has 1 fully saturated rings. The lowest BCUT2D eigenvalue weighted by Crippen LogP contribution is -2.46. The van der Waals surface area contributed by atoms with E-state index in [-0.39, 0.29) is 0 Å². The van der Waals surface area contributed by atoms with Gasteiger partial charge in [-0.15, -0.1) is 0 Å². The Morgan fingerprint density at radius 2 is 1.14 bits per heavy atom. The summed E-state index contributed by atoms with van der Waals surface area (Å²) in [7, 11) is 0. The summed E-state index contributed by atoms with van der Waals surface area (Å²) in [5.41, 5.74) is 2.65. The minimum absolute atomic E-state index is 1.01. The molecule has 1 aliphatic rings. The number of hydrogen-bond donors (Lipinski definition) is 5. The van der Waals surface area contributed by atoms with Crippen molar-refractivity contribution >= 4 is 29.6 Å². The van der Waals surface area contributed by atoms with Gasteiger partial charge in [0.25, 0.3) is 0 Å². The molecule has 190 valence electrons. The van der Waals surface area contributed by atoms with Crippen molar-refractivity contribution < 1.29 is 39.6 Å². The summed E-state index contributed by atoms with van der Waals surface area (Å²) in [5.74, 6) is -7.30. The average Bonchev–Trinajstić information content (AvgIpc) is 2.85. The Bertz CT molecular complexity index is 877. The number of rotatable bonds is 7. The maximum absolute atomic E-state index is 9.10. The first-order valence-electron chi connectivity index (χ1n) is 10.9. The monoisotopic (exact) mass is 489 g/mol. The summed E-state index contributed by atoms with van der Waals surface area (Å²) in [4.78, 5) is 41.5. The smallest absolute Gasteiger partial charge is 0.414 e. The lowest BCUT2D eigenvalue weighted by Gasteiger charge is -2.35. The van der Waals surface area contributed by atoms with Crippen LogP contribution < -0.4 is 5.32 Å². The molecule has 2 aromatic rings. The van der Waals surface area contributed by atoms with Crippen molar-refractivity contribution in [3.05, 3.63) is 66.2 Å². The van der Waals surface area contributed by atoms with Gasteiger partial charge < -0.3 is 25.7 Å². The van der Waals surface area contributed by atoms with Crippen molar-refractivity contribution in [3.8, 4) is 0 Å². The molecule has 2 aromatic carbocycles. The fraction of sp³-hybridized carbons (Fsp3) is 0.333. The number of hydrogen-bond acceptors (Lipinski definition) is 7. The van der Waals surface area contributed by atoms with Gasteiger partial charge in [-0.1, -0.05) is 48.5 Å². The normalized spacial score (nSPS) is 13.3. The Labute approximate surface area is 203 Å². The second kappa shape index (κ2) is 16.6. The molecular formula is C24H31N3O8. The number of aliphatic carboxylic acids is 4. The van der Waals surface area contributed by atoms with E-state index in [2.05, 4.69) is 75.8 Å². The molecule has 0 atom stereocenters. The number of benzene rings is 2. The second-order valence-electron chi connectivity index (χ2n) is 7.48. The van der Waals surface area contributed by atoms with E-state index in [1.807, 2.05) is 0 Å². The van der Waals surface area contributed by atoms with Crippen LogP contribution in [0.15, 0.2) is 60.7 Å². The Kier molecular flexibility index (Phi) is 13.8. The fourth-order valence-corrected chi connectivity index (χ4v) is 3.15. The van der Waals surface area contributed by atoms with Crippen molar-refractivity contribution in [3.63, 3.8) is 0 Å². The average molecular weight is 490 g/mol. The SMILES string of the molecule is O=C(O)C(=O)O.O=C(O)C(=O)O.c1ccc(CCN2CCCN(CCNc3ccccc3)C2)cc1. The Morgan fingerprint density at radius 1 is 0.686 bits per heavy atom. The van der Waals surface area contributed by atoms with Crippen molar-refractivity contribution in [2.24, 2.45) is 0 Å². The molecule has 3 rings (SSSR count). The molecule has 11 nitrogen and oxygen atoms in total. The minimum Gasteiger partial charge on any atom is -0.473 e.